The lowest BCUT2D eigenvalue weighted by molar-refractivity contribution is -0.180. The molecule has 0 unspecified atom stereocenters. The maximum absolute atomic E-state index is 15.2. The normalized spacial score (nSPS) is 26.1. The Morgan fingerprint density at radius 3 is 2.09 bits per heavy atom. The summed E-state index contributed by atoms with van der Waals surface area (Å²) in [5, 5.41) is 15.4. The van der Waals surface area contributed by atoms with E-state index in [0.717, 1.165) is 16.7 Å². The van der Waals surface area contributed by atoms with Gasteiger partial charge in [-0.05, 0) is 70.1 Å². The molecule has 10 atom stereocenters. The van der Waals surface area contributed by atoms with Gasteiger partial charge in [0, 0.05) is 12.1 Å². The number of hydrogen-bond acceptors (Lipinski definition) is 13. The molecule has 5 aliphatic heterocycles. The van der Waals surface area contributed by atoms with Crippen LogP contribution in [0, 0.1) is 11.8 Å². The van der Waals surface area contributed by atoms with Crippen molar-refractivity contribution in [3.05, 3.63) is 210 Å². The molecule has 0 aromatic heterocycles. The van der Waals surface area contributed by atoms with Crippen LogP contribution in [0.1, 0.15) is 64.0 Å². The van der Waals surface area contributed by atoms with Gasteiger partial charge in [-0.3, -0.25) is 33.7 Å². The molecule has 11 rings (SSSR count). The lowest BCUT2D eigenvalue weighted by Crippen LogP contribution is -2.62. The van der Waals surface area contributed by atoms with Crippen molar-refractivity contribution in [1.82, 2.24) is 15.1 Å². The van der Waals surface area contributed by atoms with Gasteiger partial charge >= 0.3 is 17.9 Å². The molecule has 392 valence electrons. The summed E-state index contributed by atoms with van der Waals surface area (Å²) < 4.78 is 30.0. The Morgan fingerprint density at radius 2 is 1.36 bits per heavy atom. The monoisotopic (exact) mass is 1040 g/mol. The molecular weight excluding hydrogens is 981 g/mol. The molecule has 0 saturated carbocycles. The predicted molar refractivity (Wildman–Crippen MR) is 280 cm³/mol. The highest BCUT2D eigenvalue weighted by Gasteiger charge is 2.74. The molecule has 16 heteroatoms. The van der Waals surface area contributed by atoms with Crippen LogP contribution in [0.25, 0.3) is 0 Å². The molecule has 0 bridgehead atoms. The SMILES string of the molecule is C=CCOC(=O)[C@H]1[C@@H]2C(=O)O[C@@H](c3ccccc3)[C@@H](c3ccccc3)N2[C@@H](c2ccc(OCCOC(=O)[C@@H]3C[C@@H]4C(=O)N[C@@H](Cc5ccccc5)C(=O)N4[C@@H]3c3cccc(OCCO)c3)cc2)[C@]12C(=O)Nc1ccccc12. The molecule has 4 saturated heterocycles. The minimum Gasteiger partial charge on any atom is -0.491 e. The van der Waals surface area contributed by atoms with Crippen LogP contribution in [0.15, 0.2) is 176 Å². The number of hydrogen-bond donors (Lipinski definition) is 3. The summed E-state index contributed by atoms with van der Waals surface area (Å²) in [6.07, 6.45) is 0.876. The summed E-state index contributed by atoms with van der Waals surface area (Å²) in [4.78, 5) is 90.6. The molecule has 0 aliphatic carbocycles. The first kappa shape index (κ1) is 50.6. The number of piperazine rings is 1. The summed E-state index contributed by atoms with van der Waals surface area (Å²) in [6.45, 7) is 3.15. The lowest BCUT2D eigenvalue weighted by Gasteiger charge is -2.46. The Bertz CT molecular complexity index is 3200. The number of para-hydroxylation sites is 1. The number of cyclic esters (lactones) is 1. The minimum atomic E-state index is -1.71. The summed E-state index contributed by atoms with van der Waals surface area (Å²) in [5.74, 6) is -4.69. The molecule has 3 amide bonds. The maximum Gasteiger partial charge on any atom is 0.325 e. The molecule has 6 aromatic carbocycles. The minimum absolute atomic E-state index is 0.0218. The highest BCUT2D eigenvalue weighted by atomic mass is 16.6. The van der Waals surface area contributed by atoms with E-state index in [4.69, 9.17) is 23.7 Å². The smallest absolute Gasteiger partial charge is 0.325 e. The van der Waals surface area contributed by atoms with Gasteiger partial charge in [0.25, 0.3) is 0 Å². The second-order valence-corrected chi connectivity index (χ2v) is 19.7. The van der Waals surface area contributed by atoms with Gasteiger partial charge in [0.1, 0.15) is 73.5 Å². The second kappa shape index (κ2) is 21.6. The van der Waals surface area contributed by atoms with Gasteiger partial charge in [0.15, 0.2) is 0 Å². The van der Waals surface area contributed by atoms with Crippen molar-refractivity contribution < 1.29 is 57.6 Å². The molecular formula is C61H56N4O12. The molecule has 3 N–H and O–H groups in total. The number of carbonyl (C=O) groups excluding carboxylic acids is 6. The topological polar surface area (TPSA) is 199 Å². The first-order valence-electron chi connectivity index (χ1n) is 25.8. The number of morpholine rings is 1. The zero-order chi connectivity index (χ0) is 53.2. The molecule has 6 aromatic rings. The van der Waals surface area contributed by atoms with Crippen LogP contribution in [0.5, 0.6) is 11.5 Å². The third-order valence-corrected chi connectivity index (χ3v) is 15.4. The maximum atomic E-state index is 15.2. The number of anilines is 1. The van der Waals surface area contributed by atoms with Crippen LogP contribution < -0.4 is 20.1 Å². The molecule has 16 nitrogen and oxygen atoms in total. The Kier molecular flexibility index (Phi) is 14.2. The van der Waals surface area contributed by atoms with Crippen molar-refractivity contribution in [1.29, 1.82) is 0 Å². The zero-order valence-electron chi connectivity index (χ0n) is 41.9. The van der Waals surface area contributed by atoms with E-state index < -0.39 is 83.4 Å². The van der Waals surface area contributed by atoms with Crippen LogP contribution in [0.4, 0.5) is 5.69 Å². The van der Waals surface area contributed by atoms with Crippen molar-refractivity contribution >= 4 is 41.3 Å². The fraction of sp³-hybridized carbons (Fsp3) is 0.279. The van der Waals surface area contributed by atoms with Crippen molar-refractivity contribution in [2.24, 2.45) is 11.8 Å². The number of nitrogens with zero attached hydrogens (tertiary/aromatic N) is 2. The van der Waals surface area contributed by atoms with Gasteiger partial charge in [-0.2, -0.15) is 0 Å². The summed E-state index contributed by atoms with van der Waals surface area (Å²) >= 11 is 0. The van der Waals surface area contributed by atoms with Crippen molar-refractivity contribution in [2.45, 2.75) is 60.6 Å². The first-order valence-corrected chi connectivity index (χ1v) is 25.8. The Hall–Kier alpha value is -8.60. The van der Waals surface area contributed by atoms with E-state index in [1.807, 2.05) is 102 Å². The molecule has 4 fully saturated rings. The van der Waals surface area contributed by atoms with Crippen molar-refractivity contribution in [2.75, 3.05) is 38.4 Å². The zero-order valence-corrected chi connectivity index (χ0v) is 41.9. The van der Waals surface area contributed by atoms with Gasteiger partial charge < -0.3 is 44.3 Å². The number of amides is 3. The third-order valence-electron chi connectivity index (χ3n) is 15.4. The van der Waals surface area contributed by atoms with E-state index in [2.05, 4.69) is 17.2 Å². The summed E-state index contributed by atoms with van der Waals surface area (Å²) in [7, 11) is 0. The van der Waals surface area contributed by atoms with E-state index in [1.54, 1.807) is 66.7 Å². The molecule has 5 aliphatic rings. The molecule has 0 radical (unpaired) electrons. The quantitative estimate of drug-likeness (QED) is 0.0379. The fourth-order valence-electron chi connectivity index (χ4n) is 12.4. The number of benzene rings is 6. The number of aliphatic hydroxyl groups is 1. The summed E-state index contributed by atoms with van der Waals surface area (Å²) in [5.41, 5.74) is 2.89. The van der Waals surface area contributed by atoms with Crippen molar-refractivity contribution in [3.63, 3.8) is 0 Å². The number of carbonyl (C=O) groups is 6. The van der Waals surface area contributed by atoms with Crippen LogP contribution in [0.3, 0.4) is 0 Å². The van der Waals surface area contributed by atoms with E-state index in [-0.39, 0.29) is 57.7 Å². The third kappa shape index (κ3) is 9.16. The number of aliphatic hydroxyl groups excluding tert-OH is 1. The van der Waals surface area contributed by atoms with Gasteiger partial charge in [-0.1, -0.05) is 146 Å². The predicted octanol–water partition coefficient (Wildman–Crippen LogP) is 6.68. The van der Waals surface area contributed by atoms with Crippen LogP contribution in [0.2, 0.25) is 0 Å². The molecule has 77 heavy (non-hydrogen) atoms. The van der Waals surface area contributed by atoms with E-state index in [0.29, 0.717) is 33.9 Å². The highest BCUT2D eigenvalue weighted by Crippen LogP contribution is 2.65. The molecule has 1 spiro atoms. The highest BCUT2D eigenvalue weighted by molar-refractivity contribution is 6.11. The lowest BCUT2D eigenvalue weighted by atomic mass is 9.65. The molecule has 5 heterocycles. The number of esters is 3. The van der Waals surface area contributed by atoms with E-state index in [9.17, 15) is 29.1 Å². The van der Waals surface area contributed by atoms with Gasteiger partial charge in [0.05, 0.1) is 30.7 Å². The van der Waals surface area contributed by atoms with Crippen LogP contribution >= 0.6 is 0 Å². The van der Waals surface area contributed by atoms with Gasteiger partial charge in [-0.15, -0.1) is 0 Å². The van der Waals surface area contributed by atoms with Gasteiger partial charge in [-0.25, -0.2) is 0 Å². The average molecular weight is 1040 g/mol. The number of ether oxygens (including phenoxy) is 5. The first-order chi connectivity index (χ1) is 37.6. The van der Waals surface area contributed by atoms with E-state index >= 15 is 4.79 Å². The Balaban J connectivity index is 0.883. The van der Waals surface area contributed by atoms with Crippen LogP contribution in [-0.2, 0) is 54.8 Å². The largest absolute Gasteiger partial charge is 0.491 e. The number of nitrogens with one attached hydrogen (secondary N) is 2. The van der Waals surface area contributed by atoms with Gasteiger partial charge in [0.2, 0.25) is 17.7 Å². The number of rotatable bonds is 17. The Labute approximate surface area is 444 Å². The van der Waals surface area contributed by atoms with Crippen molar-refractivity contribution in [3.8, 4) is 11.5 Å². The average Bonchev–Trinajstić information content (AvgIpc) is 4.21. The second-order valence-electron chi connectivity index (χ2n) is 19.7. The summed E-state index contributed by atoms with van der Waals surface area (Å²) in [6, 6.07) is 43.9. The fourth-order valence-corrected chi connectivity index (χ4v) is 12.4. The standard InChI is InChI=1S/C61H56N4O12/c1-2-30-75-58(70)49-52-59(71)77-53(39-19-10-5-11-20-39)51(38-17-8-4-9-18-38)65(52)54(61(49)45-23-12-13-24-46(45)63-60(61)72)40-25-27-42(28-26-40)74-32-33-76-57(69)44-36-48-55(67)62-47(34-37-15-6-3-7-16-37)56(68)64(48)50(44)41-21-14-22-43(35-41)73-31-29-66/h2-28,35,44,47-54,66H,1,29-34,36H2,(H,62,67)(H,63,72)/t44-,47+,48-,49-,50-,51-,52-,53+,54+,61-/m1/s1. The number of fused-ring (bicyclic) bond motifs is 4. The van der Waals surface area contributed by atoms with Crippen LogP contribution in [-0.4, -0.2) is 102 Å². The Morgan fingerprint density at radius 1 is 0.688 bits per heavy atom. The van der Waals surface area contributed by atoms with E-state index in [1.165, 1.54) is 11.0 Å².